The fraction of sp³-hybridized carbons (Fsp3) is 0.0270. The first-order valence-corrected chi connectivity index (χ1v) is 14.5. The van der Waals surface area contributed by atoms with Crippen molar-refractivity contribution in [2.45, 2.75) is 6.92 Å². The van der Waals surface area contributed by atoms with Gasteiger partial charge >= 0.3 is 0 Å². The van der Waals surface area contributed by atoms with E-state index in [9.17, 15) is 0 Å². The van der Waals surface area contributed by atoms with Crippen molar-refractivity contribution in [3.8, 4) is 5.69 Å². The van der Waals surface area contributed by atoms with Crippen LogP contribution in [0.25, 0.3) is 27.5 Å². The molecule has 210 valence electrons. The van der Waals surface area contributed by atoms with Crippen LogP contribution < -0.4 is 32.8 Å². The smallest absolute Gasteiger partial charge is 0.247 e. The Kier molecular flexibility index (Phi) is 6.05. The molecule has 1 aliphatic rings. The molecule has 0 unspecified atom stereocenters. The first-order chi connectivity index (χ1) is 21.4. The van der Waals surface area contributed by atoms with Gasteiger partial charge in [-0.25, -0.2) is 17.6 Å². The molecule has 7 aromatic rings. The van der Waals surface area contributed by atoms with E-state index < -0.39 is 36.7 Å². The van der Waals surface area contributed by atoms with Gasteiger partial charge in [-0.2, -0.15) is 0 Å². The third kappa shape index (κ3) is 3.88. The molecular weight excluding hydrogens is 556 g/mol. The van der Waals surface area contributed by atoms with Gasteiger partial charge in [0.15, 0.2) is 0 Å². The highest BCUT2D eigenvalue weighted by Gasteiger charge is 2.42. The number of rotatable bonds is 3. The Morgan fingerprint density at radius 1 is 0.455 bits per heavy atom. The van der Waals surface area contributed by atoms with Crippen LogP contribution in [0.4, 0.5) is 17.6 Å². The van der Waals surface area contributed by atoms with Crippen LogP contribution in [-0.4, -0.2) is 18.0 Å². The first-order valence-electron chi connectivity index (χ1n) is 14.5. The van der Waals surface area contributed by atoms with E-state index in [0.717, 1.165) is 21.8 Å². The largest absolute Gasteiger partial charge is 0.309 e. The fourth-order valence-electron chi connectivity index (χ4n) is 7.19. The molecule has 0 saturated heterocycles. The molecule has 0 spiro atoms. The Labute approximate surface area is 252 Å². The summed E-state index contributed by atoms with van der Waals surface area (Å²) >= 11 is 0. The van der Waals surface area contributed by atoms with E-state index in [1.807, 2.05) is 53.1 Å². The second-order valence-electron chi connectivity index (χ2n) is 11.5. The highest BCUT2D eigenvalue weighted by atomic mass is 19.1. The second-order valence-corrected chi connectivity index (χ2v) is 11.5. The maximum absolute atomic E-state index is 16.5. The zero-order valence-electron chi connectivity index (χ0n) is 23.7. The van der Waals surface area contributed by atoms with Crippen molar-refractivity contribution >= 4 is 68.0 Å². The molecule has 8 rings (SSSR count). The normalized spacial score (nSPS) is 12.6. The summed E-state index contributed by atoms with van der Waals surface area (Å²) in [4.78, 5) is 0. The molecule has 6 aromatic carbocycles. The van der Waals surface area contributed by atoms with Gasteiger partial charge < -0.3 is 4.57 Å². The number of hydrogen-bond donors (Lipinski definition) is 0. The molecular formula is C37H23B2F4N. The van der Waals surface area contributed by atoms with Crippen LogP contribution in [0.5, 0.6) is 0 Å². The van der Waals surface area contributed by atoms with Crippen molar-refractivity contribution in [2.24, 2.45) is 0 Å². The van der Waals surface area contributed by atoms with Crippen LogP contribution in [0.2, 0.25) is 0 Å². The third-order valence-corrected chi connectivity index (χ3v) is 8.94. The summed E-state index contributed by atoms with van der Waals surface area (Å²) in [6.07, 6.45) is 0. The molecule has 0 amide bonds. The Morgan fingerprint density at radius 3 is 1.20 bits per heavy atom. The van der Waals surface area contributed by atoms with E-state index in [-0.39, 0.29) is 10.9 Å². The average molecular weight is 579 g/mol. The third-order valence-electron chi connectivity index (χ3n) is 8.94. The summed E-state index contributed by atoms with van der Waals surface area (Å²) in [5.74, 6) is -2.68. The van der Waals surface area contributed by atoms with Gasteiger partial charge in [-0.15, -0.1) is 0 Å². The van der Waals surface area contributed by atoms with Gasteiger partial charge in [-0.3, -0.25) is 0 Å². The van der Waals surface area contributed by atoms with Crippen LogP contribution in [0.1, 0.15) is 5.56 Å². The highest BCUT2D eigenvalue weighted by molar-refractivity contribution is 7.11. The molecule has 0 aliphatic carbocycles. The Morgan fingerprint density at radius 2 is 0.795 bits per heavy atom. The Bertz CT molecular complexity index is 2130. The van der Waals surface area contributed by atoms with E-state index in [1.54, 1.807) is 55.5 Å². The first kappa shape index (κ1) is 26.6. The molecule has 44 heavy (non-hydrogen) atoms. The zero-order chi connectivity index (χ0) is 30.1. The van der Waals surface area contributed by atoms with Gasteiger partial charge in [0.25, 0.3) is 0 Å². The monoisotopic (exact) mass is 579 g/mol. The van der Waals surface area contributed by atoms with Gasteiger partial charge in [0.05, 0.1) is 16.7 Å². The highest BCUT2D eigenvalue weighted by Crippen LogP contribution is 2.32. The average Bonchev–Trinajstić information content (AvgIpc) is 3.35. The van der Waals surface area contributed by atoms with E-state index >= 15 is 17.6 Å². The number of para-hydroxylation sites is 2. The Balaban J connectivity index is 1.35. The maximum Gasteiger partial charge on any atom is 0.247 e. The minimum Gasteiger partial charge on any atom is -0.309 e. The van der Waals surface area contributed by atoms with Crippen molar-refractivity contribution < 1.29 is 17.6 Å². The number of hydrogen-bond acceptors (Lipinski definition) is 0. The van der Waals surface area contributed by atoms with Gasteiger partial charge in [0, 0.05) is 21.7 Å². The van der Waals surface area contributed by atoms with Crippen LogP contribution >= 0.6 is 0 Å². The number of aromatic nitrogens is 1. The predicted octanol–water partition coefficient (Wildman–Crippen LogP) is 4.99. The van der Waals surface area contributed by atoms with Crippen molar-refractivity contribution in [1.82, 2.24) is 4.57 Å². The predicted molar refractivity (Wildman–Crippen MR) is 174 cm³/mol. The summed E-state index contributed by atoms with van der Waals surface area (Å²) < 4.78 is 65.8. The molecule has 0 atom stereocenters. The zero-order valence-corrected chi connectivity index (χ0v) is 23.7. The van der Waals surface area contributed by atoms with Gasteiger partial charge in [0.2, 0.25) is 13.4 Å². The van der Waals surface area contributed by atoms with E-state index in [4.69, 9.17) is 0 Å². The lowest BCUT2D eigenvalue weighted by Gasteiger charge is -2.32. The molecule has 1 aromatic heterocycles. The number of aryl methyl sites for hydroxylation is 1. The quantitative estimate of drug-likeness (QED) is 0.206. The van der Waals surface area contributed by atoms with E-state index in [2.05, 4.69) is 0 Å². The number of benzene rings is 6. The maximum atomic E-state index is 16.5. The molecule has 0 N–H and O–H groups in total. The topological polar surface area (TPSA) is 4.93 Å². The molecule has 7 heteroatoms. The molecule has 1 nitrogen and oxygen atoms in total. The van der Waals surface area contributed by atoms with E-state index in [1.165, 1.54) is 24.3 Å². The second kappa shape index (κ2) is 10.0. The molecule has 0 radical (unpaired) electrons. The van der Waals surface area contributed by atoms with Crippen molar-refractivity contribution in [2.75, 3.05) is 0 Å². The lowest BCUT2D eigenvalue weighted by atomic mass is 9.21. The minimum atomic E-state index is -0.817. The van der Waals surface area contributed by atoms with Crippen LogP contribution in [-0.2, 0) is 0 Å². The Hall–Kier alpha value is -5.03. The standard InChI is InChI=1S/C37H23B2F4N/c1-22-18-30(40)36(31(41)19-22)38-26-12-4-6-14-28(26)39(29-15-7-5-13-27(29)38)37-32(42)20-23(21-33(37)43)44-34-16-8-2-10-24(34)25-11-3-9-17-35(25)44/h2-21H,1H3. The molecule has 2 heterocycles. The van der Waals surface area contributed by atoms with E-state index in [0.29, 0.717) is 33.1 Å². The minimum absolute atomic E-state index is 0.0726. The molecule has 0 bridgehead atoms. The van der Waals surface area contributed by atoms with Gasteiger partial charge in [-0.05, 0) is 48.9 Å². The molecule has 0 fully saturated rings. The fourth-order valence-corrected chi connectivity index (χ4v) is 7.19. The van der Waals surface area contributed by atoms with Gasteiger partial charge in [0.1, 0.15) is 23.3 Å². The van der Waals surface area contributed by atoms with Crippen molar-refractivity contribution in [1.29, 1.82) is 0 Å². The number of fused-ring (bicyclic) bond motifs is 5. The summed E-state index contributed by atoms with van der Waals surface area (Å²) in [6.45, 7) is 0.0493. The molecule has 0 saturated carbocycles. The summed E-state index contributed by atoms with van der Waals surface area (Å²) in [5, 5.41) is 1.98. The van der Waals surface area contributed by atoms with Crippen molar-refractivity contribution in [3.63, 3.8) is 0 Å². The van der Waals surface area contributed by atoms with Crippen molar-refractivity contribution in [3.05, 3.63) is 150 Å². The molecule has 1 aliphatic heterocycles. The lowest BCUT2D eigenvalue weighted by molar-refractivity contribution is 0.594. The number of halogens is 4. The SMILES string of the molecule is Cc1cc(F)c(B2c3ccccc3B(c3c(F)cc(-n4c5ccccc5c5ccccc54)cc3F)c3ccccc32)c(F)c1. The van der Waals surface area contributed by atoms with Gasteiger partial charge in [-0.1, -0.05) is 107 Å². The summed E-state index contributed by atoms with van der Waals surface area (Å²) in [7, 11) is 0. The van der Waals surface area contributed by atoms with Crippen LogP contribution in [0, 0.1) is 30.2 Å². The summed E-state index contributed by atoms with van der Waals surface area (Å²) in [6, 6.07) is 35.4. The number of nitrogens with zero attached hydrogens (tertiary/aromatic N) is 1. The van der Waals surface area contributed by atoms with Crippen LogP contribution in [0.3, 0.4) is 0 Å². The lowest BCUT2D eigenvalue weighted by Crippen LogP contribution is -2.76. The van der Waals surface area contributed by atoms with Crippen LogP contribution in [0.15, 0.2) is 121 Å². The summed E-state index contributed by atoms with van der Waals surface area (Å²) in [5.41, 5.74) is 4.82.